The third-order valence-corrected chi connectivity index (χ3v) is 2.61. The van der Waals surface area contributed by atoms with Crippen molar-refractivity contribution >= 4 is 0 Å². The van der Waals surface area contributed by atoms with Gasteiger partial charge >= 0.3 is 0 Å². The van der Waals surface area contributed by atoms with E-state index in [-0.39, 0.29) is 13.2 Å². The molecule has 0 amide bonds. The zero-order valence-corrected chi connectivity index (χ0v) is 8.45. The molecule has 0 aromatic heterocycles. The summed E-state index contributed by atoms with van der Waals surface area (Å²) in [4.78, 5) is 0. The van der Waals surface area contributed by atoms with E-state index in [0.29, 0.717) is 6.42 Å². The Kier molecular flexibility index (Phi) is 4.32. The molecule has 0 atom stereocenters. The maximum atomic E-state index is 8.99. The molecule has 3 nitrogen and oxygen atoms in total. The van der Waals surface area contributed by atoms with Crippen LogP contribution in [-0.2, 0) is 0 Å². The Labute approximate surface area is 84.9 Å². The Hall–Kier alpha value is -0.640. The first kappa shape index (κ1) is 11.4. The highest BCUT2D eigenvalue weighted by atomic mass is 16.3. The van der Waals surface area contributed by atoms with Gasteiger partial charge in [-0.05, 0) is 25.7 Å². The highest BCUT2D eigenvalue weighted by Gasteiger charge is 2.22. The Balaban J connectivity index is 2.38. The molecule has 0 fully saturated rings. The predicted octanol–water partition coefficient (Wildman–Crippen LogP) is 0.725. The van der Waals surface area contributed by atoms with Gasteiger partial charge in [-0.15, -0.1) is 0 Å². The Morgan fingerprint density at radius 1 is 1.29 bits per heavy atom. The van der Waals surface area contributed by atoms with Gasteiger partial charge in [-0.25, -0.2) is 0 Å². The lowest BCUT2D eigenvalue weighted by atomic mass is 9.92. The maximum absolute atomic E-state index is 8.99. The van der Waals surface area contributed by atoms with E-state index in [2.05, 4.69) is 18.2 Å². The van der Waals surface area contributed by atoms with Crippen molar-refractivity contribution < 1.29 is 10.2 Å². The summed E-state index contributed by atoms with van der Waals surface area (Å²) in [6.45, 7) is -0.332. The van der Waals surface area contributed by atoms with Crippen molar-refractivity contribution in [3.05, 3.63) is 23.8 Å². The summed E-state index contributed by atoms with van der Waals surface area (Å²) in [7, 11) is 0. The smallest absolute Gasteiger partial charge is 0.0633 e. The fourth-order valence-electron chi connectivity index (χ4n) is 1.45. The summed E-state index contributed by atoms with van der Waals surface area (Å²) in [5, 5.41) is 18.0. The van der Waals surface area contributed by atoms with Crippen molar-refractivity contribution in [1.29, 1.82) is 0 Å². The SMILES string of the molecule is NC(CO)(CO)CCC1=CCCC=C1. The first-order valence-electron chi connectivity index (χ1n) is 5.06. The average Bonchev–Trinajstić information content (AvgIpc) is 2.27. The molecule has 0 radical (unpaired) electrons. The van der Waals surface area contributed by atoms with E-state index in [1.807, 2.05) is 0 Å². The van der Waals surface area contributed by atoms with Crippen molar-refractivity contribution in [1.82, 2.24) is 0 Å². The molecule has 0 aliphatic heterocycles. The largest absolute Gasteiger partial charge is 0.394 e. The van der Waals surface area contributed by atoms with Crippen LogP contribution < -0.4 is 5.73 Å². The molecule has 0 bridgehead atoms. The van der Waals surface area contributed by atoms with E-state index >= 15 is 0 Å². The number of hydrogen-bond donors (Lipinski definition) is 3. The van der Waals surface area contributed by atoms with Crippen LogP contribution in [0.15, 0.2) is 23.8 Å². The summed E-state index contributed by atoms with van der Waals surface area (Å²) in [5.74, 6) is 0. The van der Waals surface area contributed by atoms with Gasteiger partial charge in [0, 0.05) is 0 Å². The van der Waals surface area contributed by atoms with Crippen LogP contribution in [0.25, 0.3) is 0 Å². The van der Waals surface area contributed by atoms with Crippen molar-refractivity contribution in [2.75, 3.05) is 13.2 Å². The molecule has 0 unspecified atom stereocenters. The van der Waals surface area contributed by atoms with Gasteiger partial charge in [-0.1, -0.05) is 23.8 Å². The minimum atomic E-state index is -0.827. The van der Waals surface area contributed by atoms with Crippen LogP contribution in [0.3, 0.4) is 0 Å². The van der Waals surface area contributed by atoms with Crippen molar-refractivity contribution in [3.63, 3.8) is 0 Å². The van der Waals surface area contributed by atoms with Gasteiger partial charge < -0.3 is 15.9 Å². The molecule has 1 aliphatic rings. The molecule has 0 saturated carbocycles. The first-order chi connectivity index (χ1) is 6.70. The van der Waals surface area contributed by atoms with Crippen LogP contribution in [-0.4, -0.2) is 29.0 Å². The van der Waals surface area contributed by atoms with E-state index in [1.165, 1.54) is 5.57 Å². The van der Waals surface area contributed by atoms with Crippen LogP contribution in [0, 0.1) is 0 Å². The van der Waals surface area contributed by atoms with Gasteiger partial charge in [0.2, 0.25) is 0 Å². The van der Waals surface area contributed by atoms with Crippen LogP contribution in [0.1, 0.15) is 25.7 Å². The first-order valence-corrected chi connectivity index (χ1v) is 5.06. The maximum Gasteiger partial charge on any atom is 0.0633 e. The molecule has 80 valence electrons. The molecule has 1 rings (SSSR count). The molecule has 0 saturated heterocycles. The van der Waals surface area contributed by atoms with E-state index in [9.17, 15) is 0 Å². The van der Waals surface area contributed by atoms with Crippen LogP contribution in [0.5, 0.6) is 0 Å². The van der Waals surface area contributed by atoms with E-state index in [0.717, 1.165) is 19.3 Å². The third kappa shape index (κ3) is 3.25. The monoisotopic (exact) mass is 197 g/mol. The summed E-state index contributed by atoms with van der Waals surface area (Å²) in [6, 6.07) is 0. The number of allylic oxidation sites excluding steroid dienone is 4. The third-order valence-electron chi connectivity index (χ3n) is 2.61. The Morgan fingerprint density at radius 3 is 2.50 bits per heavy atom. The van der Waals surface area contributed by atoms with Gasteiger partial charge in [-0.3, -0.25) is 0 Å². The quantitative estimate of drug-likeness (QED) is 0.608. The molecular weight excluding hydrogens is 178 g/mol. The van der Waals surface area contributed by atoms with E-state index < -0.39 is 5.54 Å². The second-order valence-electron chi connectivity index (χ2n) is 3.94. The highest BCUT2D eigenvalue weighted by molar-refractivity contribution is 5.22. The van der Waals surface area contributed by atoms with Crippen LogP contribution in [0.2, 0.25) is 0 Å². The number of hydrogen-bond acceptors (Lipinski definition) is 3. The molecule has 0 heterocycles. The predicted molar refractivity (Wildman–Crippen MR) is 56.8 cm³/mol. The second kappa shape index (κ2) is 5.29. The Bertz CT molecular complexity index is 229. The molecule has 14 heavy (non-hydrogen) atoms. The summed E-state index contributed by atoms with van der Waals surface area (Å²) < 4.78 is 0. The highest BCUT2D eigenvalue weighted by Crippen LogP contribution is 2.18. The normalized spacial score (nSPS) is 16.9. The van der Waals surface area contributed by atoms with Crippen LogP contribution >= 0.6 is 0 Å². The second-order valence-corrected chi connectivity index (χ2v) is 3.94. The number of aliphatic hydroxyl groups excluding tert-OH is 2. The topological polar surface area (TPSA) is 66.5 Å². The van der Waals surface area contributed by atoms with Crippen molar-refractivity contribution in [2.45, 2.75) is 31.2 Å². The minimum absolute atomic E-state index is 0.166. The molecule has 1 aliphatic carbocycles. The summed E-state index contributed by atoms with van der Waals surface area (Å²) in [5.41, 5.74) is 6.19. The molecule has 4 N–H and O–H groups in total. The summed E-state index contributed by atoms with van der Waals surface area (Å²) >= 11 is 0. The molecule has 0 aromatic rings. The Morgan fingerprint density at radius 2 is 2.00 bits per heavy atom. The zero-order valence-electron chi connectivity index (χ0n) is 8.45. The average molecular weight is 197 g/mol. The lowest BCUT2D eigenvalue weighted by Gasteiger charge is -2.24. The fourth-order valence-corrected chi connectivity index (χ4v) is 1.45. The van der Waals surface area contributed by atoms with Gasteiger partial charge in [0.15, 0.2) is 0 Å². The number of nitrogens with two attached hydrogens (primary N) is 1. The van der Waals surface area contributed by atoms with Gasteiger partial charge in [0.05, 0.1) is 18.8 Å². The minimum Gasteiger partial charge on any atom is -0.394 e. The van der Waals surface area contributed by atoms with Crippen molar-refractivity contribution in [3.8, 4) is 0 Å². The number of rotatable bonds is 5. The van der Waals surface area contributed by atoms with Gasteiger partial charge in [0.25, 0.3) is 0 Å². The van der Waals surface area contributed by atoms with E-state index in [4.69, 9.17) is 15.9 Å². The lowest BCUT2D eigenvalue weighted by molar-refractivity contribution is 0.115. The lowest BCUT2D eigenvalue weighted by Crippen LogP contribution is -2.47. The fraction of sp³-hybridized carbons (Fsp3) is 0.636. The van der Waals surface area contributed by atoms with Gasteiger partial charge in [-0.2, -0.15) is 0 Å². The molecule has 3 heteroatoms. The summed E-state index contributed by atoms with van der Waals surface area (Å²) in [6.07, 6.45) is 10.1. The molecule has 0 aromatic carbocycles. The van der Waals surface area contributed by atoms with Crippen LogP contribution in [0.4, 0.5) is 0 Å². The molecule has 0 spiro atoms. The van der Waals surface area contributed by atoms with Crippen molar-refractivity contribution in [2.24, 2.45) is 5.73 Å². The molecular formula is C11H19NO2. The van der Waals surface area contributed by atoms with Gasteiger partial charge in [0.1, 0.15) is 0 Å². The number of aliphatic hydroxyl groups is 2. The zero-order chi connectivity index (χ0) is 10.4. The standard InChI is InChI=1S/C11H19NO2/c12-11(8-13,9-14)7-6-10-4-2-1-3-5-10/h2,4-5,13-14H,1,3,6-9,12H2. The van der Waals surface area contributed by atoms with E-state index in [1.54, 1.807) is 0 Å².